The maximum atomic E-state index is 12.8. The Balaban J connectivity index is 1.46. The van der Waals surface area contributed by atoms with Gasteiger partial charge in [0, 0.05) is 5.56 Å². The normalized spacial score (nSPS) is 14.6. The molecule has 0 unspecified atom stereocenters. The number of nitrogens with zero attached hydrogens (tertiary/aromatic N) is 1. The lowest BCUT2D eigenvalue weighted by Crippen LogP contribution is -2.35. The number of anilines is 1. The fraction of sp³-hybridized carbons (Fsp3) is 0.154. The van der Waals surface area contributed by atoms with Crippen LogP contribution in [0.1, 0.15) is 16.7 Å². The Morgan fingerprint density at radius 1 is 0.812 bits per heavy atom. The molecule has 1 fully saturated rings. The van der Waals surface area contributed by atoms with Crippen LogP contribution in [0.5, 0.6) is 11.5 Å². The van der Waals surface area contributed by atoms with Crippen LogP contribution in [0.4, 0.5) is 5.69 Å². The third-order valence-corrected chi connectivity index (χ3v) is 5.12. The van der Waals surface area contributed by atoms with Gasteiger partial charge < -0.3 is 9.47 Å². The fourth-order valence-electron chi connectivity index (χ4n) is 3.53. The van der Waals surface area contributed by atoms with Gasteiger partial charge in [0.25, 0.3) is 11.8 Å². The Morgan fingerprint density at radius 2 is 1.47 bits per heavy atom. The first kappa shape index (κ1) is 21.2. The standard InChI is InChI=1S/C26H24N2O4/c1-18-9-8-10-19(2)24(18)32-16-15-31-23-14-7-6-11-20(23)17-22-25(29)27-28(26(22)30)21-12-4-3-5-13-21/h3-14,17H,15-16H2,1-2H3,(H,27,29). The number of amides is 2. The van der Waals surface area contributed by atoms with Crippen LogP contribution in [-0.2, 0) is 9.59 Å². The van der Waals surface area contributed by atoms with Gasteiger partial charge >= 0.3 is 0 Å². The van der Waals surface area contributed by atoms with Crippen LogP contribution in [0.3, 0.4) is 0 Å². The lowest BCUT2D eigenvalue weighted by atomic mass is 10.1. The number of aryl methyl sites for hydroxylation is 2. The molecule has 4 rings (SSSR count). The molecule has 0 radical (unpaired) electrons. The van der Waals surface area contributed by atoms with E-state index in [0.29, 0.717) is 30.2 Å². The monoisotopic (exact) mass is 428 g/mol. The Labute approximate surface area is 187 Å². The second kappa shape index (κ2) is 9.39. The minimum absolute atomic E-state index is 0.0525. The van der Waals surface area contributed by atoms with Crippen LogP contribution in [0.25, 0.3) is 6.08 Å². The summed E-state index contributed by atoms with van der Waals surface area (Å²) in [5.41, 5.74) is 6.05. The number of hydrogen-bond donors (Lipinski definition) is 1. The first-order valence-electron chi connectivity index (χ1n) is 10.4. The van der Waals surface area contributed by atoms with Gasteiger partial charge in [-0.25, -0.2) is 5.01 Å². The highest BCUT2D eigenvalue weighted by Crippen LogP contribution is 2.26. The van der Waals surface area contributed by atoms with Gasteiger partial charge in [0.05, 0.1) is 5.69 Å². The van der Waals surface area contributed by atoms with E-state index in [1.165, 1.54) is 5.01 Å². The van der Waals surface area contributed by atoms with Gasteiger partial charge in [-0.2, -0.15) is 0 Å². The van der Waals surface area contributed by atoms with Gasteiger partial charge in [-0.1, -0.05) is 54.6 Å². The van der Waals surface area contributed by atoms with Crippen LogP contribution >= 0.6 is 0 Å². The van der Waals surface area contributed by atoms with E-state index in [2.05, 4.69) is 5.43 Å². The molecule has 1 saturated heterocycles. The molecule has 6 heteroatoms. The molecule has 32 heavy (non-hydrogen) atoms. The number of hydrogen-bond acceptors (Lipinski definition) is 4. The van der Waals surface area contributed by atoms with Crippen molar-refractivity contribution in [3.8, 4) is 11.5 Å². The van der Waals surface area contributed by atoms with Crippen molar-refractivity contribution in [3.63, 3.8) is 0 Å². The van der Waals surface area contributed by atoms with Crippen LogP contribution in [0.15, 0.2) is 78.4 Å². The molecule has 0 spiro atoms. The van der Waals surface area contributed by atoms with Crippen LogP contribution in [0.2, 0.25) is 0 Å². The van der Waals surface area contributed by atoms with Gasteiger partial charge in [-0.3, -0.25) is 15.0 Å². The maximum Gasteiger partial charge on any atom is 0.282 e. The number of para-hydroxylation sites is 3. The zero-order chi connectivity index (χ0) is 22.5. The molecular weight excluding hydrogens is 404 g/mol. The van der Waals surface area contributed by atoms with Gasteiger partial charge in [0.2, 0.25) is 0 Å². The lowest BCUT2D eigenvalue weighted by Gasteiger charge is -2.14. The van der Waals surface area contributed by atoms with E-state index in [1.807, 2.05) is 50.2 Å². The SMILES string of the molecule is Cc1cccc(C)c1OCCOc1ccccc1C=C1C(=O)NN(c2ccccc2)C1=O. The molecule has 1 heterocycles. The van der Waals surface area contributed by atoms with Crippen molar-refractivity contribution in [2.75, 3.05) is 18.2 Å². The Kier molecular flexibility index (Phi) is 6.22. The molecule has 0 saturated carbocycles. The zero-order valence-electron chi connectivity index (χ0n) is 18.0. The highest BCUT2D eigenvalue weighted by molar-refractivity contribution is 6.31. The Morgan fingerprint density at radius 3 is 2.22 bits per heavy atom. The number of nitrogens with one attached hydrogen (secondary N) is 1. The van der Waals surface area contributed by atoms with E-state index >= 15 is 0 Å². The van der Waals surface area contributed by atoms with E-state index in [9.17, 15) is 9.59 Å². The van der Waals surface area contributed by atoms with E-state index in [0.717, 1.165) is 16.9 Å². The first-order chi connectivity index (χ1) is 15.5. The summed E-state index contributed by atoms with van der Waals surface area (Å²) < 4.78 is 11.8. The molecule has 0 atom stereocenters. The molecule has 1 aliphatic rings. The third kappa shape index (κ3) is 4.49. The predicted molar refractivity (Wildman–Crippen MR) is 123 cm³/mol. The van der Waals surface area contributed by atoms with Crippen LogP contribution in [-0.4, -0.2) is 25.0 Å². The first-order valence-corrected chi connectivity index (χ1v) is 10.4. The second-order valence-corrected chi connectivity index (χ2v) is 7.43. The van der Waals surface area contributed by atoms with E-state index in [4.69, 9.17) is 9.47 Å². The van der Waals surface area contributed by atoms with Crippen molar-refractivity contribution in [2.45, 2.75) is 13.8 Å². The molecule has 0 aromatic heterocycles. The summed E-state index contributed by atoms with van der Waals surface area (Å²) in [7, 11) is 0. The number of carbonyl (C=O) groups is 2. The molecule has 3 aromatic carbocycles. The predicted octanol–water partition coefficient (Wildman–Crippen LogP) is 4.22. The molecule has 0 aliphatic carbocycles. The van der Waals surface area contributed by atoms with Crippen molar-refractivity contribution < 1.29 is 19.1 Å². The Bertz CT molecular complexity index is 1150. The summed E-state index contributed by atoms with van der Waals surface area (Å²) in [4.78, 5) is 25.3. The summed E-state index contributed by atoms with van der Waals surface area (Å²) in [6, 6.07) is 22.3. The maximum absolute atomic E-state index is 12.8. The van der Waals surface area contributed by atoms with Crippen LogP contribution in [0, 0.1) is 13.8 Å². The molecule has 1 aliphatic heterocycles. The fourth-order valence-corrected chi connectivity index (χ4v) is 3.53. The van der Waals surface area contributed by atoms with Crippen LogP contribution < -0.4 is 19.9 Å². The van der Waals surface area contributed by atoms with Gasteiger partial charge in [-0.15, -0.1) is 0 Å². The summed E-state index contributed by atoms with van der Waals surface area (Å²) in [6.07, 6.45) is 1.56. The number of ether oxygens (including phenoxy) is 2. The van der Waals surface area contributed by atoms with E-state index in [1.54, 1.807) is 42.5 Å². The summed E-state index contributed by atoms with van der Waals surface area (Å²) in [6.45, 7) is 4.71. The largest absolute Gasteiger partial charge is 0.489 e. The number of carbonyl (C=O) groups excluding carboxylic acids is 2. The summed E-state index contributed by atoms with van der Waals surface area (Å²) >= 11 is 0. The molecule has 0 bridgehead atoms. The van der Waals surface area contributed by atoms with Gasteiger partial charge in [0.15, 0.2) is 0 Å². The van der Waals surface area contributed by atoms with E-state index in [-0.39, 0.29) is 5.57 Å². The summed E-state index contributed by atoms with van der Waals surface area (Å²) in [5.74, 6) is 0.575. The smallest absolute Gasteiger partial charge is 0.282 e. The van der Waals surface area contributed by atoms with Crippen molar-refractivity contribution in [3.05, 3.63) is 95.1 Å². The van der Waals surface area contributed by atoms with Gasteiger partial charge in [-0.05, 0) is 49.2 Å². The molecule has 3 aromatic rings. The topological polar surface area (TPSA) is 67.9 Å². The quantitative estimate of drug-likeness (QED) is 0.348. The molecule has 162 valence electrons. The van der Waals surface area contributed by atoms with Crippen molar-refractivity contribution in [2.24, 2.45) is 0 Å². The third-order valence-electron chi connectivity index (χ3n) is 5.12. The molecular formula is C26H24N2O4. The number of rotatable bonds is 7. The zero-order valence-corrected chi connectivity index (χ0v) is 18.0. The molecule has 1 N–H and O–H groups in total. The highest BCUT2D eigenvalue weighted by Gasteiger charge is 2.34. The second-order valence-electron chi connectivity index (χ2n) is 7.43. The lowest BCUT2D eigenvalue weighted by molar-refractivity contribution is -0.117. The molecule has 2 amide bonds. The number of hydrazine groups is 1. The minimum Gasteiger partial charge on any atom is -0.489 e. The van der Waals surface area contributed by atoms with Crippen molar-refractivity contribution >= 4 is 23.6 Å². The Hall–Kier alpha value is -4.06. The molecule has 6 nitrogen and oxygen atoms in total. The van der Waals surface area contributed by atoms with E-state index < -0.39 is 11.8 Å². The average Bonchev–Trinajstić information content (AvgIpc) is 3.08. The average molecular weight is 428 g/mol. The van der Waals surface area contributed by atoms with Crippen molar-refractivity contribution in [1.29, 1.82) is 0 Å². The highest BCUT2D eigenvalue weighted by atomic mass is 16.5. The van der Waals surface area contributed by atoms with Gasteiger partial charge in [0.1, 0.15) is 30.3 Å². The minimum atomic E-state index is -0.452. The number of benzene rings is 3. The van der Waals surface area contributed by atoms with Crippen molar-refractivity contribution in [1.82, 2.24) is 5.43 Å². The summed E-state index contributed by atoms with van der Waals surface area (Å²) in [5, 5.41) is 1.25.